The maximum Gasteiger partial charge on any atom is 0.304 e. The Morgan fingerprint density at radius 3 is 2.37 bits per heavy atom. The zero-order valence-corrected chi connectivity index (χ0v) is 15.8. The van der Waals surface area contributed by atoms with Gasteiger partial charge in [0.15, 0.2) is 0 Å². The maximum absolute atomic E-state index is 10.7. The van der Waals surface area contributed by atoms with Crippen LogP contribution >= 0.6 is 0 Å². The minimum absolute atomic E-state index is 0.165. The molecule has 0 aliphatic heterocycles. The van der Waals surface area contributed by atoms with E-state index in [-0.39, 0.29) is 13.0 Å². The van der Waals surface area contributed by atoms with Gasteiger partial charge in [0.05, 0.1) is 19.2 Å². The number of aliphatic carboxylic acids is 1. The van der Waals surface area contributed by atoms with Crippen LogP contribution in [0.3, 0.4) is 0 Å². The molecule has 0 saturated carbocycles. The van der Waals surface area contributed by atoms with Gasteiger partial charge in [-0.2, -0.15) is 4.80 Å². The van der Waals surface area contributed by atoms with Crippen molar-refractivity contribution in [2.75, 3.05) is 0 Å². The number of carbonyl (C=O) groups is 1. The molecule has 2 aromatic carbocycles. The molecule has 0 aliphatic carbocycles. The normalized spacial score (nSPS) is 11.9. The number of hydrogen-bond acceptors (Lipinski definition) is 8. The summed E-state index contributed by atoms with van der Waals surface area (Å²) in [5.74, 6) is 1.33. The van der Waals surface area contributed by atoms with Gasteiger partial charge >= 0.3 is 5.97 Å². The highest BCUT2D eigenvalue weighted by atomic mass is 16.5. The lowest BCUT2D eigenvalue weighted by atomic mass is 10.2. The molecular weight excluding hydrogens is 388 g/mol. The summed E-state index contributed by atoms with van der Waals surface area (Å²) in [5, 5.41) is 20.9. The van der Waals surface area contributed by atoms with Gasteiger partial charge in [-0.1, -0.05) is 0 Å². The van der Waals surface area contributed by atoms with Crippen LogP contribution in [-0.2, 0) is 11.3 Å². The monoisotopic (exact) mass is 406 g/mol. The summed E-state index contributed by atoms with van der Waals surface area (Å²) in [6, 6.07) is 14.0. The molecule has 3 N–H and O–H groups in total. The summed E-state index contributed by atoms with van der Waals surface area (Å²) in [6.07, 6.45) is 2.96. The largest absolute Gasteiger partial charge is 0.481 e. The van der Waals surface area contributed by atoms with Gasteiger partial charge in [-0.3, -0.25) is 4.79 Å². The van der Waals surface area contributed by atoms with Crippen molar-refractivity contribution in [1.29, 1.82) is 0 Å². The quantitative estimate of drug-likeness (QED) is 0.451. The lowest BCUT2D eigenvalue weighted by Crippen LogP contribution is -2.30. The lowest BCUT2D eigenvalue weighted by molar-refractivity contribution is -0.137. The number of oxazole rings is 1. The van der Waals surface area contributed by atoms with Crippen molar-refractivity contribution >= 4 is 5.97 Å². The predicted octanol–water partition coefficient (Wildman–Crippen LogP) is 2.59. The molecule has 0 fully saturated rings. The van der Waals surface area contributed by atoms with E-state index < -0.39 is 12.0 Å². The summed E-state index contributed by atoms with van der Waals surface area (Å²) in [6.45, 7) is 0.171. The first-order chi connectivity index (χ1) is 14.6. The highest BCUT2D eigenvalue weighted by Crippen LogP contribution is 2.26. The number of hydrogen-bond donors (Lipinski definition) is 2. The Hall–Kier alpha value is -4.05. The number of carboxylic acids is 1. The van der Waals surface area contributed by atoms with Gasteiger partial charge in [0, 0.05) is 17.2 Å². The molecule has 0 radical (unpaired) electrons. The molecule has 4 aromatic rings. The molecule has 10 nitrogen and oxygen atoms in total. The molecule has 10 heteroatoms. The summed E-state index contributed by atoms with van der Waals surface area (Å²) in [7, 11) is 0. The Bertz CT molecular complexity index is 1110. The molecule has 30 heavy (non-hydrogen) atoms. The van der Waals surface area contributed by atoms with E-state index in [4.69, 9.17) is 20.0 Å². The van der Waals surface area contributed by atoms with E-state index in [9.17, 15) is 4.79 Å². The lowest BCUT2D eigenvalue weighted by Gasteiger charge is -2.07. The zero-order chi connectivity index (χ0) is 20.9. The third kappa shape index (κ3) is 4.67. The minimum Gasteiger partial charge on any atom is -0.481 e. The van der Waals surface area contributed by atoms with Crippen molar-refractivity contribution in [2.45, 2.75) is 19.0 Å². The van der Waals surface area contributed by atoms with Gasteiger partial charge in [-0.05, 0) is 53.7 Å². The van der Waals surface area contributed by atoms with E-state index >= 15 is 0 Å². The summed E-state index contributed by atoms with van der Waals surface area (Å²) < 4.78 is 11.1. The molecular formula is C20H18N6O4. The summed E-state index contributed by atoms with van der Waals surface area (Å²) in [4.78, 5) is 16.1. The first-order valence-corrected chi connectivity index (χ1v) is 9.10. The van der Waals surface area contributed by atoms with Crippen molar-refractivity contribution in [3.05, 3.63) is 61.0 Å². The number of nitrogens with zero attached hydrogens (tertiary/aromatic N) is 5. The minimum atomic E-state index is -0.967. The van der Waals surface area contributed by atoms with Gasteiger partial charge in [0.2, 0.25) is 11.7 Å². The second kappa shape index (κ2) is 8.53. The Labute approximate surface area is 170 Å². The van der Waals surface area contributed by atoms with Gasteiger partial charge in [0.1, 0.15) is 17.8 Å². The van der Waals surface area contributed by atoms with Crippen LogP contribution in [0.1, 0.15) is 6.42 Å². The zero-order valence-electron chi connectivity index (χ0n) is 15.8. The number of tetrazole rings is 1. The molecule has 0 saturated heterocycles. The van der Waals surface area contributed by atoms with E-state index in [2.05, 4.69) is 20.4 Å². The standard InChI is InChI=1S/C20H18N6O4/c21-15(11-18(27)28)12-26-24-19(23-25-26)13-1-5-16(6-2-13)30-17-7-3-14(4-8-17)20-22-9-10-29-20/h1-10,15H,11-12,21H2,(H,27,28). The Morgan fingerprint density at radius 1 is 1.10 bits per heavy atom. The van der Waals surface area contributed by atoms with Crippen LogP contribution in [0.2, 0.25) is 0 Å². The molecule has 2 heterocycles. The van der Waals surface area contributed by atoms with Gasteiger partial charge in [0.25, 0.3) is 0 Å². The molecule has 0 aliphatic rings. The van der Waals surface area contributed by atoms with E-state index in [1.54, 1.807) is 18.3 Å². The van der Waals surface area contributed by atoms with Crippen LogP contribution in [0.4, 0.5) is 0 Å². The Balaban J connectivity index is 1.39. The van der Waals surface area contributed by atoms with Crippen LogP contribution in [-0.4, -0.2) is 42.3 Å². The van der Waals surface area contributed by atoms with Crippen molar-refractivity contribution in [3.8, 4) is 34.3 Å². The third-order valence-corrected chi connectivity index (χ3v) is 4.17. The average Bonchev–Trinajstić information content (AvgIpc) is 3.41. The van der Waals surface area contributed by atoms with Crippen molar-refractivity contribution in [3.63, 3.8) is 0 Å². The number of carboxylic acid groups (broad SMARTS) is 1. The van der Waals surface area contributed by atoms with Crippen LogP contribution in [0.5, 0.6) is 11.5 Å². The molecule has 4 rings (SSSR count). The molecule has 0 bridgehead atoms. The van der Waals surface area contributed by atoms with Gasteiger partial charge in [-0.25, -0.2) is 4.98 Å². The van der Waals surface area contributed by atoms with Crippen LogP contribution in [0.15, 0.2) is 65.4 Å². The van der Waals surface area contributed by atoms with E-state index in [0.717, 1.165) is 11.1 Å². The second-order valence-electron chi connectivity index (χ2n) is 6.51. The Kier molecular flexibility index (Phi) is 5.48. The fraction of sp³-hybridized carbons (Fsp3) is 0.150. The first-order valence-electron chi connectivity index (χ1n) is 9.10. The fourth-order valence-electron chi connectivity index (χ4n) is 2.77. The third-order valence-electron chi connectivity index (χ3n) is 4.17. The second-order valence-corrected chi connectivity index (χ2v) is 6.51. The van der Waals surface area contributed by atoms with Gasteiger partial charge in [-0.15, -0.1) is 10.2 Å². The smallest absolute Gasteiger partial charge is 0.304 e. The van der Waals surface area contributed by atoms with Crippen molar-refractivity contribution in [2.24, 2.45) is 5.73 Å². The molecule has 0 spiro atoms. The molecule has 0 amide bonds. The van der Waals surface area contributed by atoms with Crippen LogP contribution in [0.25, 0.3) is 22.8 Å². The molecule has 152 valence electrons. The van der Waals surface area contributed by atoms with Crippen molar-refractivity contribution < 1.29 is 19.1 Å². The predicted molar refractivity (Wildman–Crippen MR) is 105 cm³/mol. The highest BCUT2D eigenvalue weighted by molar-refractivity contribution is 5.67. The fourth-order valence-corrected chi connectivity index (χ4v) is 2.77. The summed E-state index contributed by atoms with van der Waals surface area (Å²) >= 11 is 0. The molecule has 2 aromatic heterocycles. The SMILES string of the molecule is NC(CC(=O)O)Cn1nnc(-c2ccc(Oc3ccc(-c4ncco4)cc3)cc2)n1. The number of ether oxygens (including phenoxy) is 1. The first kappa shape index (κ1) is 19.3. The van der Waals surface area contributed by atoms with Crippen molar-refractivity contribution in [1.82, 2.24) is 25.2 Å². The number of nitrogens with two attached hydrogens (primary N) is 1. The highest BCUT2D eigenvalue weighted by Gasteiger charge is 2.12. The Morgan fingerprint density at radius 2 is 1.77 bits per heavy atom. The van der Waals surface area contributed by atoms with Gasteiger partial charge < -0.3 is 20.0 Å². The average molecular weight is 406 g/mol. The molecule has 1 unspecified atom stereocenters. The summed E-state index contributed by atoms with van der Waals surface area (Å²) in [5.41, 5.74) is 7.36. The number of benzene rings is 2. The topological polar surface area (TPSA) is 142 Å². The number of aromatic nitrogens is 5. The van der Waals surface area contributed by atoms with Crippen LogP contribution < -0.4 is 10.5 Å². The number of rotatable bonds is 8. The van der Waals surface area contributed by atoms with Crippen LogP contribution in [0, 0.1) is 0 Å². The maximum atomic E-state index is 10.7. The van der Waals surface area contributed by atoms with E-state index in [1.165, 1.54) is 11.1 Å². The van der Waals surface area contributed by atoms with E-state index in [1.807, 2.05) is 36.4 Å². The molecule has 1 atom stereocenters. The van der Waals surface area contributed by atoms with E-state index in [0.29, 0.717) is 23.2 Å².